The molecule has 2 nitrogen and oxygen atoms in total. The number of allylic oxidation sites excluding steroid dienone is 4. The Kier molecular flexibility index (Phi) is 7.05. The van der Waals surface area contributed by atoms with Crippen LogP contribution in [0.15, 0.2) is 36.0 Å². The van der Waals surface area contributed by atoms with Gasteiger partial charge in [0, 0.05) is 12.3 Å². The summed E-state index contributed by atoms with van der Waals surface area (Å²) >= 11 is 0. The van der Waals surface area contributed by atoms with Gasteiger partial charge in [-0.15, -0.1) is 0 Å². The van der Waals surface area contributed by atoms with Crippen molar-refractivity contribution in [3.8, 4) is 0 Å². The van der Waals surface area contributed by atoms with Crippen molar-refractivity contribution in [1.82, 2.24) is 0 Å². The van der Waals surface area contributed by atoms with Gasteiger partial charge in [0.15, 0.2) is 0 Å². The first-order chi connectivity index (χ1) is 15.6. The maximum absolute atomic E-state index is 12.0. The molecular formula is C31H48O2. The Morgan fingerprint density at radius 2 is 1.94 bits per heavy atom. The van der Waals surface area contributed by atoms with Crippen molar-refractivity contribution in [2.24, 2.45) is 46.3 Å². The SMILES string of the molecule is C=C(C)[C@@H](/C=C/[C@@H](C)[C@H]1CC[C@H]2[C@@H]3CC=C4CCCC(OC(C)=O)[C@]4(C)[C@H]3CC[C@]12C)CC. The first kappa shape index (κ1) is 24.8. The summed E-state index contributed by atoms with van der Waals surface area (Å²) in [6.07, 6.45) is 18.7. The van der Waals surface area contributed by atoms with Crippen molar-refractivity contribution >= 4 is 5.97 Å². The molecule has 3 saturated carbocycles. The smallest absolute Gasteiger partial charge is 0.302 e. The van der Waals surface area contributed by atoms with Gasteiger partial charge in [0.1, 0.15) is 6.10 Å². The molecule has 1 unspecified atom stereocenters. The number of hydrogen-bond acceptors (Lipinski definition) is 2. The molecule has 9 atom stereocenters. The van der Waals surface area contributed by atoms with Gasteiger partial charge in [0.25, 0.3) is 0 Å². The van der Waals surface area contributed by atoms with Crippen LogP contribution in [0.2, 0.25) is 0 Å². The van der Waals surface area contributed by atoms with E-state index in [1.165, 1.54) is 44.1 Å². The first-order valence-corrected chi connectivity index (χ1v) is 13.8. The summed E-state index contributed by atoms with van der Waals surface area (Å²) in [7, 11) is 0. The zero-order valence-electron chi connectivity index (χ0n) is 22.2. The number of fused-ring (bicyclic) bond motifs is 5. The molecule has 4 aliphatic rings. The number of hydrogen-bond donors (Lipinski definition) is 0. The highest BCUT2D eigenvalue weighted by Crippen LogP contribution is 2.67. The molecule has 4 aliphatic carbocycles. The molecule has 0 aromatic carbocycles. The number of ether oxygens (including phenoxy) is 1. The fourth-order valence-electron chi connectivity index (χ4n) is 9.07. The van der Waals surface area contributed by atoms with E-state index in [9.17, 15) is 4.79 Å². The normalized spacial score (nSPS) is 42.0. The van der Waals surface area contributed by atoms with E-state index in [0.717, 1.165) is 37.0 Å². The van der Waals surface area contributed by atoms with Crippen molar-refractivity contribution in [3.63, 3.8) is 0 Å². The third-order valence-corrected chi connectivity index (χ3v) is 10.9. The van der Waals surface area contributed by atoms with Crippen molar-refractivity contribution < 1.29 is 9.53 Å². The van der Waals surface area contributed by atoms with Crippen LogP contribution in [0.25, 0.3) is 0 Å². The van der Waals surface area contributed by atoms with Gasteiger partial charge in [0.2, 0.25) is 0 Å². The molecule has 33 heavy (non-hydrogen) atoms. The first-order valence-electron chi connectivity index (χ1n) is 13.8. The molecule has 184 valence electrons. The third-order valence-electron chi connectivity index (χ3n) is 10.9. The molecule has 4 rings (SSSR count). The summed E-state index contributed by atoms with van der Waals surface area (Å²) in [6.45, 7) is 17.8. The van der Waals surface area contributed by atoms with Crippen LogP contribution in [0.1, 0.15) is 99.3 Å². The molecule has 0 aromatic rings. The van der Waals surface area contributed by atoms with Crippen LogP contribution in [0.3, 0.4) is 0 Å². The van der Waals surface area contributed by atoms with Crippen LogP contribution in [0, 0.1) is 46.3 Å². The number of carbonyl (C=O) groups is 1. The van der Waals surface area contributed by atoms with Crippen LogP contribution in [-0.4, -0.2) is 12.1 Å². The predicted molar refractivity (Wildman–Crippen MR) is 138 cm³/mol. The second kappa shape index (κ2) is 9.38. The summed E-state index contributed by atoms with van der Waals surface area (Å²) in [5.41, 5.74) is 3.36. The van der Waals surface area contributed by atoms with Gasteiger partial charge in [-0.2, -0.15) is 0 Å². The minimum Gasteiger partial charge on any atom is -0.462 e. The van der Waals surface area contributed by atoms with Crippen LogP contribution >= 0.6 is 0 Å². The Hall–Kier alpha value is -1.31. The average Bonchev–Trinajstić information content (AvgIpc) is 3.11. The van der Waals surface area contributed by atoms with Gasteiger partial charge in [0.05, 0.1) is 0 Å². The minimum absolute atomic E-state index is 0.0492. The molecule has 0 aromatic heterocycles. The van der Waals surface area contributed by atoms with Crippen LogP contribution in [-0.2, 0) is 9.53 Å². The lowest BCUT2D eigenvalue weighted by atomic mass is 9.46. The quantitative estimate of drug-likeness (QED) is 0.299. The fraction of sp³-hybridized carbons (Fsp3) is 0.774. The molecule has 0 aliphatic heterocycles. The van der Waals surface area contributed by atoms with E-state index >= 15 is 0 Å². The number of rotatable bonds is 6. The van der Waals surface area contributed by atoms with E-state index in [2.05, 4.69) is 59.4 Å². The van der Waals surface area contributed by atoms with E-state index < -0.39 is 0 Å². The summed E-state index contributed by atoms with van der Waals surface area (Å²) in [5, 5.41) is 0. The lowest BCUT2D eigenvalue weighted by molar-refractivity contribution is -0.162. The highest BCUT2D eigenvalue weighted by molar-refractivity contribution is 5.66. The minimum atomic E-state index is -0.105. The summed E-state index contributed by atoms with van der Waals surface area (Å²) < 4.78 is 6.00. The van der Waals surface area contributed by atoms with E-state index in [0.29, 0.717) is 23.2 Å². The standard InChI is InChI=1S/C31H48O2/c1-8-23(20(2)3)13-12-21(4)26-16-17-27-25-15-14-24-10-9-11-29(33-22(5)32)31(24,7)28(25)18-19-30(26,27)6/h12-14,21,23,25-29H,2,8-11,15-19H2,1,3-7H3/b13-12+/t21-,23-,25+,26-,27+,28+,29?,30-,31+/m1/s1. The summed E-state index contributed by atoms with van der Waals surface area (Å²) in [5.74, 6) is 4.02. The molecule has 0 heterocycles. The van der Waals surface area contributed by atoms with Crippen LogP contribution in [0.4, 0.5) is 0 Å². The zero-order chi connectivity index (χ0) is 24.0. The Morgan fingerprint density at radius 3 is 2.61 bits per heavy atom. The lowest BCUT2D eigenvalue weighted by Crippen LogP contribution is -2.55. The summed E-state index contributed by atoms with van der Waals surface area (Å²) in [4.78, 5) is 12.0. The Balaban J connectivity index is 1.56. The van der Waals surface area contributed by atoms with Gasteiger partial charge in [-0.05, 0) is 106 Å². The van der Waals surface area contributed by atoms with E-state index in [-0.39, 0.29) is 17.5 Å². The van der Waals surface area contributed by atoms with Gasteiger partial charge in [-0.1, -0.05) is 63.6 Å². The molecule has 0 N–H and O–H groups in total. The molecule has 0 radical (unpaired) electrons. The van der Waals surface area contributed by atoms with Crippen molar-refractivity contribution in [2.75, 3.05) is 0 Å². The van der Waals surface area contributed by atoms with Crippen molar-refractivity contribution in [3.05, 3.63) is 36.0 Å². The molecule has 2 heteroatoms. The zero-order valence-corrected chi connectivity index (χ0v) is 22.2. The van der Waals surface area contributed by atoms with Gasteiger partial charge >= 0.3 is 5.97 Å². The van der Waals surface area contributed by atoms with Crippen LogP contribution < -0.4 is 0 Å². The molecule has 3 fully saturated rings. The topological polar surface area (TPSA) is 26.3 Å². The predicted octanol–water partition coefficient (Wildman–Crippen LogP) is 8.29. The van der Waals surface area contributed by atoms with Gasteiger partial charge in [-0.25, -0.2) is 0 Å². The summed E-state index contributed by atoms with van der Waals surface area (Å²) in [6, 6.07) is 0. The number of esters is 1. The monoisotopic (exact) mass is 452 g/mol. The second-order valence-electron chi connectivity index (χ2n) is 12.4. The van der Waals surface area contributed by atoms with E-state index in [1.54, 1.807) is 12.5 Å². The second-order valence-corrected chi connectivity index (χ2v) is 12.4. The Morgan fingerprint density at radius 1 is 1.18 bits per heavy atom. The van der Waals surface area contributed by atoms with E-state index in [4.69, 9.17) is 4.74 Å². The Bertz CT molecular complexity index is 821. The molecule has 0 amide bonds. The van der Waals surface area contributed by atoms with Crippen molar-refractivity contribution in [1.29, 1.82) is 0 Å². The van der Waals surface area contributed by atoms with Gasteiger partial charge < -0.3 is 4.74 Å². The van der Waals surface area contributed by atoms with E-state index in [1.807, 2.05) is 0 Å². The van der Waals surface area contributed by atoms with Gasteiger partial charge in [-0.3, -0.25) is 4.79 Å². The lowest BCUT2D eigenvalue weighted by Gasteiger charge is -2.59. The number of carbonyl (C=O) groups excluding carboxylic acids is 1. The largest absolute Gasteiger partial charge is 0.462 e. The van der Waals surface area contributed by atoms with Crippen LogP contribution in [0.5, 0.6) is 0 Å². The third kappa shape index (κ3) is 4.19. The highest BCUT2D eigenvalue weighted by atomic mass is 16.5. The highest BCUT2D eigenvalue weighted by Gasteiger charge is 2.61. The fourth-order valence-corrected chi connectivity index (χ4v) is 9.07. The Labute approximate surface area is 203 Å². The maximum Gasteiger partial charge on any atom is 0.302 e. The molecule has 0 saturated heterocycles. The molecule has 0 bridgehead atoms. The average molecular weight is 453 g/mol. The maximum atomic E-state index is 12.0. The molecule has 0 spiro atoms. The van der Waals surface area contributed by atoms with Crippen molar-refractivity contribution in [2.45, 2.75) is 105 Å². The molecular weight excluding hydrogens is 404 g/mol.